The Morgan fingerprint density at radius 1 is 1.27 bits per heavy atom. The van der Waals surface area contributed by atoms with Crippen LogP contribution >= 0.6 is 0 Å². The molecule has 4 heteroatoms. The molecule has 0 aromatic carbocycles. The molecule has 0 aliphatic carbocycles. The molecule has 0 rings (SSSR count). The van der Waals surface area contributed by atoms with Gasteiger partial charge in [-0.2, -0.15) is 0 Å². The quantitative estimate of drug-likeness (QED) is 0.748. The Balaban J connectivity index is -0.0000000590. The van der Waals surface area contributed by atoms with E-state index >= 15 is 0 Å². The average molecular weight is 222 g/mol. The van der Waals surface area contributed by atoms with Gasteiger partial charge in [-0.05, 0) is 19.9 Å². The summed E-state index contributed by atoms with van der Waals surface area (Å²) >= 11 is 0. The number of carbonyl (C=O) groups excluding carboxylic acids is 1. The standard InChI is InChI=1S/C4H9NO.C3H9N.C2H6O.C2H6/c1-3-5-4(2)6;1-2-3-4;1-3-2;1-2/h3H2,1-2H3,(H,5,6);2-4H2,1H3;1-2H3;1-2H3. The van der Waals surface area contributed by atoms with Gasteiger partial charge in [-0.15, -0.1) is 0 Å². The maximum Gasteiger partial charge on any atom is 0.216 e. The van der Waals surface area contributed by atoms with E-state index in [-0.39, 0.29) is 5.91 Å². The first kappa shape index (κ1) is 23.9. The minimum absolute atomic E-state index is 0.0394. The summed E-state index contributed by atoms with van der Waals surface area (Å²) in [5.74, 6) is 0.0394. The Morgan fingerprint density at radius 3 is 1.53 bits per heavy atom. The normalized spacial score (nSPS) is 6.67. The first-order valence-corrected chi connectivity index (χ1v) is 5.45. The Hall–Kier alpha value is -0.610. The predicted octanol–water partition coefficient (Wildman–Crippen LogP) is 1.79. The maximum absolute atomic E-state index is 9.93. The predicted molar refractivity (Wildman–Crippen MR) is 68.0 cm³/mol. The van der Waals surface area contributed by atoms with Crippen molar-refractivity contribution in [1.82, 2.24) is 5.32 Å². The lowest BCUT2D eigenvalue weighted by molar-refractivity contribution is -0.118. The van der Waals surface area contributed by atoms with Gasteiger partial charge in [0.15, 0.2) is 0 Å². The molecule has 0 aliphatic rings. The summed E-state index contributed by atoms with van der Waals surface area (Å²) in [6.07, 6.45) is 1.10. The van der Waals surface area contributed by atoms with Gasteiger partial charge in [-0.1, -0.05) is 20.8 Å². The summed E-state index contributed by atoms with van der Waals surface area (Å²) in [6.45, 7) is 11.0. The van der Waals surface area contributed by atoms with Gasteiger partial charge in [-0.3, -0.25) is 4.79 Å². The fourth-order valence-corrected chi connectivity index (χ4v) is 0.249. The molecule has 0 aromatic heterocycles. The zero-order valence-electron chi connectivity index (χ0n) is 11.5. The second kappa shape index (κ2) is 37.6. The van der Waals surface area contributed by atoms with Gasteiger partial charge in [0.05, 0.1) is 0 Å². The Labute approximate surface area is 95.6 Å². The summed E-state index contributed by atoms with van der Waals surface area (Å²) in [5.41, 5.74) is 5.03. The minimum Gasteiger partial charge on any atom is -0.388 e. The highest BCUT2D eigenvalue weighted by atomic mass is 16.4. The lowest BCUT2D eigenvalue weighted by Crippen LogP contribution is -2.18. The molecule has 0 unspecified atom stereocenters. The van der Waals surface area contributed by atoms with E-state index in [1.54, 1.807) is 14.2 Å². The molecular formula is C11H30N2O2. The minimum atomic E-state index is 0.0394. The van der Waals surface area contributed by atoms with E-state index in [2.05, 4.69) is 17.0 Å². The van der Waals surface area contributed by atoms with E-state index < -0.39 is 0 Å². The first-order chi connectivity index (χ1) is 7.10. The van der Waals surface area contributed by atoms with Crippen molar-refractivity contribution in [1.29, 1.82) is 0 Å². The zero-order valence-corrected chi connectivity index (χ0v) is 11.5. The summed E-state index contributed by atoms with van der Waals surface area (Å²) in [7, 11) is 3.25. The van der Waals surface area contributed by atoms with Gasteiger partial charge in [0.2, 0.25) is 5.91 Å². The van der Waals surface area contributed by atoms with Crippen LogP contribution in [0.4, 0.5) is 0 Å². The summed E-state index contributed by atoms with van der Waals surface area (Å²) in [4.78, 5) is 9.93. The highest BCUT2D eigenvalue weighted by molar-refractivity contribution is 5.72. The molecule has 1 amide bonds. The lowest BCUT2D eigenvalue weighted by atomic mass is 10.5. The van der Waals surface area contributed by atoms with Gasteiger partial charge in [0.1, 0.15) is 0 Å². The summed E-state index contributed by atoms with van der Waals surface area (Å²) < 4.78 is 4.25. The Kier molecular flexibility index (Phi) is 60.0. The van der Waals surface area contributed by atoms with Crippen LogP contribution in [0.1, 0.15) is 41.0 Å². The number of nitrogens with two attached hydrogens (primary N) is 1. The van der Waals surface area contributed by atoms with Crippen molar-refractivity contribution in [3.63, 3.8) is 0 Å². The molecule has 0 saturated carbocycles. The average Bonchev–Trinajstić information content (AvgIpc) is 2.22. The molecule has 0 fully saturated rings. The third-order valence-corrected chi connectivity index (χ3v) is 0.714. The van der Waals surface area contributed by atoms with Crippen LogP contribution in [0.5, 0.6) is 0 Å². The fourth-order valence-electron chi connectivity index (χ4n) is 0.249. The van der Waals surface area contributed by atoms with Crippen LogP contribution in [0.3, 0.4) is 0 Å². The maximum atomic E-state index is 9.93. The topological polar surface area (TPSA) is 64.3 Å². The van der Waals surface area contributed by atoms with Crippen LogP contribution in [0.2, 0.25) is 0 Å². The molecule has 0 radical (unpaired) electrons. The third-order valence-electron chi connectivity index (χ3n) is 0.714. The van der Waals surface area contributed by atoms with E-state index in [0.717, 1.165) is 19.5 Å². The van der Waals surface area contributed by atoms with Crippen LogP contribution in [0, 0.1) is 0 Å². The number of ether oxygens (including phenoxy) is 1. The largest absolute Gasteiger partial charge is 0.388 e. The molecule has 4 nitrogen and oxygen atoms in total. The van der Waals surface area contributed by atoms with Gasteiger partial charge >= 0.3 is 0 Å². The van der Waals surface area contributed by atoms with Crippen molar-refractivity contribution in [3.05, 3.63) is 0 Å². The van der Waals surface area contributed by atoms with Crippen molar-refractivity contribution < 1.29 is 9.53 Å². The van der Waals surface area contributed by atoms with Crippen LogP contribution < -0.4 is 11.1 Å². The Bertz CT molecular complexity index is 86.7. The van der Waals surface area contributed by atoms with E-state index in [1.807, 2.05) is 20.8 Å². The highest BCUT2D eigenvalue weighted by Crippen LogP contribution is 1.57. The van der Waals surface area contributed by atoms with Crippen molar-refractivity contribution in [2.24, 2.45) is 5.73 Å². The van der Waals surface area contributed by atoms with E-state index in [9.17, 15) is 4.79 Å². The van der Waals surface area contributed by atoms with Crippen molar-refractivity contribution >= 4 is 5.91 Å². The van der Waals surface area contributed by atoms with Crippen LogP contribution in [-0.2, 0) is 9.53 Å². The number of nitrogens with one attached hydrogen (secondary N) is 1. The molecule has 0 spiro atoms. The second-order valence-corrected chi connectivity index (χ2v) is 2.28. The molecule has 0 saturated heterocycles. The monoisotopic (exact) mass is 222 g/mol. The smallest absolute Gasteiger partial charge is 0.216 e. The molecule has 0 aliphatic heterocycles. The number of carbonyl (C=O) groups is 1. The van der Waals surface area contributed by atoms with E-state index in [1.165, 1.54) is 6.92 Å². The highest BCUT2D eigenvalue weighted by Gasteiger charge is 1.78. The van der Waals surface area contributed by atoms with Crippen molar-refractivity contribution in [2.45, 2.75) is 41.0 Å². The molecule has 3 N–H and O–H groups in total. The van der Waals surface area contributed by atoms with Crippen molar-refractivity contribution in [2.75, 3.05) is 27.3 Å². The van der Waals surface area contributed by atoms with Crippen LogP contribution in [0.15, 0.2) is 0 Å². The second-order valence-electron chi connectivity index (χ2n) is 2.28. The van der Waals surface area contributed by atoms with Gasteiger partial charge in [0, 0.05) is 27.7 Å². The molecule has 0 atom stereocenters. The van der Waals surface area contributed by atoms with Crippen LogP contribution in [-0.4, -0.2) is 33.2 Å². The van der Waals surface area contributed by atoms with E-state index in [0.29, 0.717) is 0 Å². The third kappa shape index (κ3) is 151. The zero-order chi connectivity index (χ0) is 13.1. The van der Waals surface area contributed by atoms with E-state index in [4.69, 9.17) is 5.73 Å². The number of amides is 1. The van der Waals surface area contributed by atoms with Gasteiger partial charge in [0.25, 0.3) is 0 Å². The summed E-state index contributed by atoms with van der Waals surface area (Å²) in [5, 5.41) is 2.57. The van der Waals surface area contributed by atoms with Crippen LogP contribution in [0.25, 0.3) is 0 Å². The molecule has 96 valence electrons. The molecule has 15 heavy (non-hydrogen) atoms. The van der Waals surface area contributed by atoms with Gasteiger partial charge in [-0.25, -0.2) is 0 Å². The van der Waals surface area contributed by atoms with Crippen molar-refractivity contribution in [3.8, 4) is 0 Å². The Morgan fingerprint density at radius 2 is 1.53 bits per heavy atom. The number of hydrogen-bond acceptors (Lipinski definition) is 3. The number of methoxy groups -OCH3 is 1. The summed E-state index contributed by atoms with van der Waals surface area (Å²) in [6, 6.07) is 0. The molecule has 0 bridgehead atoms. The number of hydrogen-bond donors (Lipinski definition) is 2. The molecule has 0 aromatic rings. The SMILES string of the molecule is CC.CCCN.CCNC(C)=O.COC. The molecular weight excluding hydrogens is 192 g/mol. The fraction of sp³-hybridized carbons (Fsp3) is 0.909. The lowest BCUT2D eigenvalue weighted by Gasteiger charge is -1.88. The molecule has 0 heterocycles. The van der Waals surface area contributed by atoms with Gasteiger partial charge < -0.3 is 15.8 Å². The number of rotatable bonds is 2. The first-order valence-electron chi connectivity index (χ1n) is 5.45.